The van der Waals surface area contributed by atoms with Gasteiger partial charge in [0.25, 0.3) is 0 Å². The molecule has 1 aromatic carbocycles. The van der Waals surface area contributed by atoms with E-state index < -0.39 is 5.54 Å². The maximum atomic E-state index is 11.5. The fourth-order valence-electron chi connectivity index (χ4n) is 1.31. The first-order valence-electron chi connectivity index (χ1n) is 5.18. The molecule has 4 nitrogen and oxygen atoms in total. The lowest BCUT2D eigenvalue weighted by atomic mass is 9.93. The molecule has 0 saturated carbocycles. The Balaban J connectivity index is 3.00. The van der Waals surface area contributed by atoms with Crippen molar-refractivity contribution in [3.63, 3.8) is 0 Å². The second-order valence-corrected chi connectivity index (χ2v) is 3.88. The largest absolute Gasteiger partial charge is 0.462 e. The zero-order valence-electron chi connectivity index (χ0n) is 9.56. The van der Waals surface area contributed by atoms with Crippen molar-refractivity contribution in [2.45, 2.75) is 19.4 Å². The van der Waals surface area contributed by atoms with E-state index in [0.29, 0.717) is 17.7 Å². The number of aliphatic hydroxyl groups is 1. The van der Waals surface area contributed by atoms with Crippen LogP contribution >= 0.6 is 0 Å². The molecule has 0 radical (unpaired) electrons. The number of hydrogen-bond donors (Lipinski definition) is 2. The highest BCUT2D eigenvalue weighted by molar-refractivity contribution is 5.89. The van der Waals surface area contributed by atoms with Gasteiger partial charge >= 0.3 is 5.97 Å². The van der Waals surface area contributed by atoms with Gasteiger partial charge in [0.1, 0.15) is 0 Å². The first-order chi connectivity index (χ1) is 7.51. The van der Waals surface area contributed by atoms with Gasteiger partial charge in [-0.15, -0.1) is 0 Å². The van der Waals surface area contributed by atoms with E-state index in [2.05, 4.69) is 0 Å². The van der Waals surface area contributed by atoms with Crippen molar-refractivity contribution in [1.82, 2.24) is 0 Å². The van der Waals surface area contributed by atoms with E-state index in [9.17, 15) is 4.79 Å². The molecule has 0 fully saturated rings. The summed E-state index contributed by atoms with van der Waals surface area (Å²) in [4.78, 5) is 11.5. The van der Waals surface area contributed by atoms with Gasteiger partial charge in [0.05, 0.1) is 24.3 Å². The zero-order valence-corrected chi connectivity index (χ0v) is 9.56. The second-order valence-electron chi connectivity index (χ2n) is 3.88. The van der Waals surface area contributed by atoms with Crippen LogP contribution in [0.3, 0.4) is 0 Å². The molecule has 1 aromatic rings. The van der Waals surface area contributed by atoms with Crippen LogP contribution in [0, 0.1) is 0 Å². The molecular formula is C12H17NO3. The van der Waals surface area contributed by atoms with Gasteiger partial charge in [-0.05, 0) is 31.5 Å². The van der Waals surface area contributed by atoms with Crippen LogP contribution in [0.1, 0.15) is 29.8 Å². The highest BCUT2D eigenvalue weighted by Gasteiger charge is 2.21. The lowest BCUT2D eigenvalue weighted by Gasteiger charge is -2.22. The Morgan fingerprint density at radius 3 is 2.81 bits per heavy atom. The fourth-order valence-corrected chi connectivity index (χ4v) is 1.31. The van der Waals surface area contributed by atoms with E-state index >= 15 is 0 Å². The van der Waals surface area contributed by atoms with Crippen molar-refractivity contribution < 1.29 is 14.6 Å². The van der Waals surface area contributed by atoms with Crippen LogP contribution in [-0.2, 0) is 10.3 Å². The molecule has 0 spiro atoms. The summed E-state index contributed by atoms with van der Waals surface area (Å²) in [6, 6.07) is 6.81. The third-order valence-electron chi connectivity index (χ3n) is 2.36. The van der Waals surface area contributed by atoms with Crippen LogP contribution in [0.4, 0.5) is 0 Å². The van der Waals surface area contributed by atoms with Crippen molar-refractivity contribution in [3.05, 3.63) is 35.4 Å². The van der Waals surface area contributed by atoms with E-state index in [1.54, 1.807) is 38.1 Å². The lowest BCUT2D eigenvalue weighted by Crippen LogP contribution is -2.37. The van der Waals surface area contributed by atoms with Crippen LogP contribution in [0.15, 0.2) is 24.3 Å². The maximum Gasteiger partial charge on any atom is 0.338 e. The molecule has 1 unspecified atom stereocenters. The summed E-state index contributed by atoms with van der Waals surface area (Å²) < 4.78 is 4.89. The number of rotatable bonds is 4. The Hall–Kier alpha value is -1.39. The SMILES string of the molecule is CCOC(=O)c1cccc(C(C)(N)CO)c1. The summed E-state index contributed by atoms with van der Waals surface area (Å²) in [5.41, 5.74) is 6.19. The smallest absolute Gasteiger partial charge is 0.338 e. The van der Waals surface area contributed by atoms with Crippen molar-refractivity contribution in [1.29, 1.82) is 0 Å². The van der Waals surface area contributed by atoms with Gasteiger partial charge < -0.3 is 15.6 Å². The summed E-state index contributed by atoms with van der Waals surface area (Å²) in [6.07, 6.45) is 0. The Bertz CT molecular complexity index is 374. The predicted octanol–water partition coefficient (Wildman–Crippen LogP) is 1.03. The summed E-state index contributed by atoms with van der Waals surface area (Å²) in [5.74, 6) is -0.377. The van der Waals surface area contributed by atoms with Gasteiger partial charge in [-0.1, -0.05) is 12.1 Å². The number of esters is 1. The molecule has 16 heavy (non-hydrogen) atoms. The van der Waals surface area contributed by atoms with E-state index in [0.717, 1.165) is 0 Å². The number of benzene rings is 1. The summed E-state index contributed by atoms with van der Waals surface area (Å²) in [5, 5.41) is 9.14. The molecule has 0 aliphatic heterocycles. The van der Waals surface area contributed by atoms with Crippen molar-refractivity contribution >= 4 is 5.97 Å². The topological polar surface area (TPSA) is 72.5 Å². The number of aliphatic hydroxyl groups excluding tert-OH is 1. The minimum absolute atomic E-state index is 0.181. The number of carbonyl (C=O) groups excluding carboxylic acids is 1. The molecular weight excluding hydrogens is 206 g/mol. The van der Waals surface area contributed by atoms with Gasteiger partial charge in [-0.2, -0.15) is 0 Å². The molecule has 0 saturated heterocycles. The van der Waals surface area contributed by atoms with Crippen molar-refractivity contribution in [2.24, 2.45) is 5.73 Å². The molecule has 0 bridgehead atoms. The van der Waals surface area contributed by atoms with Gasteiger partial charge in [0.15, 0.2) is 0 Å². The Kier molecular flexibility index (Phi) is 4.04. The second kappa shape index (κ2) is 5.09. The highest BCUT2D eigenvalue weighted by atomic mass is 16.5. The summed E-state index contributed by atoms with van der Waals surface area (Å²) >= 11 is 0. The van der Waals surface area contributed by atoms with E-state index in [-0.39, 0.29) is 12.6 Å². The quantitative estimate of drug-likeness (QED) is 0.748. The van der Waals surface area contributed by atoms with E-state index in [1.807, 2.05) is 0 Å². The minimum Gasteiger partial charge on any atom is -0.462 e. The van der Waals surface area contributed by atoms with Crippen molar-refractivity contribution in [2.75, 3.05) is 13.2 Å². The zero-order chi connectivity index (χ0) is 12.2. The third-order valence-corrected chi connectivity index (χ3v) is 2.36. The molecule has 4 heteroatoms. The number of carbonyl (C=O) groups is 1. The van der Waals surface area contributed by atoms with E-state index in [1.165, 1.54) is 0 Å². The van der Waals surface area contributed by atoms with Gasteiger partial charge in [0.2, 0.25) is 0 Å². The molecule has 1 atom stereocenters. The van der Waals surface area contributed by atoms with Crippen LogP contribution in [0.25, 0.3) is 0 Å². The molecule has 88 valence electrons. The van der Waals surface area contributed by atoms with Crippen LogP contribution in [0.5, 0.6) is 0 Å². The number of nitrogens with two attached hydrogens (primary N) is 1. The molecule has 0 aliphatic rings. The molecule has 0 heterocycles. The van der Waals surface area contributed by atoms with Crippen LogP contribution < -0.4 is 5.73 Å². The van der Waals surface area contributed by atoms with Crippen LogP contribution in [0.2, 0.25) is 0 Å². The number of hydrogen-bond acceptors (Lipinski definition) is 4. The molecule has 0 aromatic heterocycles. The Morgan fingerprint density at radius 2 is 2.25 bits per heavy atom. The average Bonchev–Trinajstić information content (AvgIpc) is 2.29. The molecule has 0 amide bonds. The van der Waals surface area contributed by atoms with Gasteiger partial charge in [-0.3, -0.25) is 0 Å². The average molecular weight is 223 g/mol. The van der Waals surface area contributed by atoms with Crippen molar-refractivity contribution in [3.8, 4) is 0 Å². The standard InChI is InChI=1S/C12H17NO3/c1-3-16-11(15)9-5-4-6-10(7-9)12(2,13)8-14/h4-7,14H,3,8,13H2,1-2H3. The fraction of sp³-hybridized carbons (Fsp3) is 0.417. The predicted molar refractivity (Wildman–Crippen MR) is 61.0 cm³/mol. The third kappa shape index (κ3) is 2.81. The first kappa shape index (κ1) is 12.7. The summed E-state index contributed by atoms with van der Waals surface area (Å²) in [6.45, 7) is 3.61. The Labute approximate surface area is 95.0 Å². The molecule has 3 N–H and O–H groups in total. The Morgan fingerprint density at radius 1 is 1.56 bits per heavy atom. The van der Waals surface area contributed by atoms with E-state index in [4.69, 9.17) is 15.6 Å². The minimum atomic E-state index is -0.845. The molecule has 1 rings (SSSR count). The van der Waals surface area contributed by atoms with Crippen LogP contribution in [-0.4, -0.2) is 24.3 Å². The monoisotopic (exact) mass is 223 g/mol. The first-order valence-corrected chi connectivity index (χ1v) is 5.18. The van der Waals surface area contributed by atoms with Gasteiger partial charge in [0, 0.05) is 0 Å². The maximum absolute atomic E-state index is 11.5. The van der Waals surface area contributed by atoms with Gasteiger partial charge in [-0.25, -0.2) is 4.79 Å². The lowest BCUT2D eigenvalue weighted by molar-refractivity contribution is 0.0526. The molecule has 0 aliphatic carbocycles. The number of ether oxygens (including phenoxy) is 1. The summed E-state index contributed by atoms with van der Waals surface area (Å²) in [7, 11) is 0. The normalized spacial score (nSPS) is 14.2. The highest BCUT2D eigenvalue weighted by Crippen LogP contribution is 2.18.